The van der Waals surface area contributed by atoms with E-state index in [0.29, 0.717) is 25.7 Å². The first kappa shape index (κ1) is 18.8. The molecule has 2 aromatic rings. The number of amides is 1. The van der Waals surface area contributed by atoms with Gasteiger partial charge in [-0.2, -0.15) is 13.2 Å². The maximum atomic E-state index is 13.5. The largest absolute Gasteiger partial charge is 0.423 e. The van der Waals surface area contributed by atoms with Crippen molar-refractivity contribution in [1.29, 1.82) is 0 Å². The van der Waals surface area contributed by atoms with Crippen molar-refractivity contribution in [2.24, 2.45) is 0 Å². The predicted octanol–water partition coefficient (Wildman–Crippen LogP) is 1.56. The molecule has 0 radical (unpaired) electrons. The molecule has 1 amide bonds. The molecular weight excluding hydrogens is 429 g/mol. The van der Waals surface area contributed by atoms with Gasteiger partial charge >= 0.3 is 6.18 Å². The Kier molecular flexibility index (Phi) is 4.18. The summed E-state index contributed by atoms with van der Waals surface area (Å²) in [5.41, 5.74) is -1.51. The number of carbonyl (C=O) groups excluding carboxylic acids is 1. The van der Waals surface area contributed by atoms with Crippen molar-refractivity contribution in [2.75, 3.05) is 12.3 Å². The molecule has 0 spiro atoms. The Bertz CT molecular complexity index is 1190. The van der Waals surface area contributed by atoms with Gasteiger partial charge in [-0.25, -0.2) is 9.97 Å². The second-order valence-corrected chi connectivity index (χ2v) is 8.58. The Hall–Kier alpha value is -2.76. The Morgan fingerprint density at radius 1 is 1.34 bits per heavy atom. The fourth-order valence-electron chi connectivity index (χ4n) is 4.54. The summed E-state index contributed by atoms with van der Waals surface area (Å²) in [7, 11) is 0. The van der Waals surface area contributed by atoms with Gasteiger partial charge in [-0.15, -0.1) is 0 Å². The zero-order valence-corrected chi connectivity index (χ0v) is 16.7. The topological polar surface area (TPSA) is 142 Å². The average molecular weight is 455 g/mol. The number of anilines is 1. The quantitative estimate of drug-likeness (QED) is 0.461. The number of benzene rings is 1. The molecule has 5 rings (SSSR count). The number of hydrogen-bond acceptors (Lipinski definition) is 7. The first-order chi connectivity index (χ1) is 16.0. The van der Waals surface area contributed by atoms with E-state index >= 15 is 0 Å². The zero-order chi connectivity index (χ0) is 26.0. The first-order valence-corrected chi connectivity index (χ1v) is 9.75. The molecule has 6 N–H and O–H groups in total. The van der Waals surface area contributed by atoms with Crippen LogP contribution in [0.25, 0.3) is 11.3 Å². The van der Waals surface area contributed by atoms with Crippen molar-refractivity contribution in [3.05, 3.63) is 41.2 Å². The van der Waals surface area contributed by atoms with Crippen LogP contribution in [-0.4, -0.2) is 55.1 Å². The SMILES string of the molecule is [2H]C([2H])([2H])c1ccc([C@](O)(CO)C(F)(F)F)cc1-c1cnc(N)c(C(=O)NC23CCC(O)(C2)C3)n1. The third-order valence-electron chi connectivity index (χ3n) is 6.27. The third-order valence-corrected chi connectivity index (χ3v) is 6.27. The summed E-state index contributed by atoms with van der Waals surface area (Å²) >= 11 is 0. The summed E-state index contributed by atoms with van der Waals surface area (Å²) in [6.07, 6.45) is -2.48. The molecule has 1 atom stereocenters. The Labute approximate surface area is 185 Å². The molecule has 3 saturated carbocycles. The molecule has 172 valence electrons. The number of aliphatic hydroxyl groups excluding tert-OH is 1. The van der Waals surface area contributed by atoms with E-state index in [4.69, 9.17) is 9.85 Å². The standard InChI is InChI=1S/C21H23F3N4O4/c1-11-2-3-12(20(32,10-29)21(22,23)24)6-13(11)14-7-26-16(25)15(27-14)17(30)28-18-4-5-19(31,8-18)9-18/h2-3,6-7,29,31-32H,4-5,8-10H2,1H3,(H2,25,26)(H,28,30)/t18?,19?,20-/m1/s1/i1D3. The van der Waals surface area contributed by atoms with Crippen LogP contribution in [0.4, 0.5) is 19.0 Å². The molecule has 1 aromatic heterocycles. The molecular formula is C21H23F3N4O4. The smallest absolute Gasteiger partial charge is 0.393 e. The summed E-state index contributed by atoms with van der Waals surface area (Å²) in [5, 5.41) is 32.4. The Morgan fingerprint density at radius 2 is 2.06 bits per heavy atom. The zero-order valence-electron chi connectivity index (χ0n) is 19.7. The number of halogens is 3. The van der Waals surface area contributed by atoms with Gasteiger partial charge in [0.25, 0.3) is 5.91 Å². The number of aryl methyl sites for hydroxylation is 1. The number of hydrogen-bond donors (Lipinski definition) is 5. The van der Waals surface area contributed by atoms with Crippen LogP contribution in [0, 0.1) is 6.85 Å². The van der Waals surface area contributed by atoms with Crippen molar-refractivity contribution in [1.82, 2.24) is 15.3 Å². The molecule has 0 unspecified atom stereocenters. The second kappa shape index (κ2) is 7.12. The van der Waals surface area contributed by atoms with Crippen molar-refractivity contribution in [3.63, 3.8) is 0 Å². The van der Waals surface area contributed by atoms with Gasteiger partial charge in [0, 0.05) is 15.2 Å². The maximum absolute atomic E-state index is 13.5. The molecule has 0 saturated heterocycles. The van der Waals surface area contributed by atoms with Gasteiger partial charge in [-0.1, -0.05) is 12.1 Å². The van der Waals surface area contributed by atoms with Crippen molar-refractivity contribution in [2.45, 2.75) is 55.5 Å². The number of aromatic nitrogens is 2. The molecule has 1 aromatic carbocycles. The van der Waals surface area contributed by atoms with Gasteiger partial charge in [-0.05, 0) is 49.7 Å². The van der Waals surface area contributed by atoms with Crippen molar-refractivity contribution in [3.8, 4) is 11.3 Å². The minimum atomic E-state index is -5.27. The molecule has 32 heavy (non-hydrogen) atoms. The van der Waals surface area contributed by atoms with Crippen molar-refractivity contribution < 1.29 is 37.4 Å². The summed E-state index contributed by atoms with van der Waals surface area (Å²) < 4.78 is 63.8. The number of aliphatic hydroxyl groups is 3. The lowest BCUT2D eigenvalue weighted by atomic mass is 9.73. The van der Waals surface area contributed by atoms with E-state index in [1.54, 1.807) is 0 Å². The number of nitrogen functional groups attached to an aromatic ring is 1. The highest BCUT2D eigenvalue weighted by Gasteiger charge is 2.61. The number of alkyl halides is 3. The number of rotatable bonds is 5. The summed E-state index contributed by atoms with van der Waals surface area (Å²) in [6.45, 7) is -4.51. The molecule has 1 heterocycles. The van der Waals surface area contributed by atoms with Crippen LogP contribution in [0.5, 0.6) is 0 Å². The number of nitrogens with two attached hydrogens (primary N) is 1. The summed E-state index contributed by atoms with van der Waals surface area (Å²) in [6, 6.07) is 2.37. The van der Waals surface area contributed by atoms with Gasteiger partial charge in [-0.3, -0.25) is 4.79 Å². The molecule has 2 bridgehead atoms. The van der Waals surface area contributed by atoms with Gasteiger partial charge in [0.05, 0.1) is 24.1 Å². The van der Waals surface area contributed by atoms with Crippen LogP contribution in [0.15, 0.2) is 24.4 Å². The average Bonchev–Trinajstić information content (AvgIpc) is 3.24. The number of nitrogens with one attached hydrogen (secondary N) is 1. The minimum Gasteiger partial charge on any atom is -0.393 e. The number of nitrogens with zero attached hydrogens (tertiary/aromatic N) is 2. The summed E-state index contributed by atoms with van der Waals surface area (Å²) in [4.78, 5) is 20.9. The van der Waals surface area contributed by atoms with E-state index in [0.717, 1.165) is 24.4 Å². The molecule has 3 aliphatic rings. The lowest BCUT2D eigenvalue weighted by Crippen LogP contribution is -2.58. The van der Waals surface area contributed by atoms with E-state index in [1.807, 2.05) is 0 Å². The lowest BCUT2D eigenvalue weighted by Gasteiger charge is -2.44. The van der Waals surface area contributed by atoms with Gasteiger partial charge in [0.1, 0.15) is 0 Å². The number of carbonyl (C=O) groups is 1. The van der Waals surface area contributed by atoms with Crippen LogP contribution in [-0.2, 0) is 5.60 Å². The molecule has 11 heteroatoms. The van der Waals surface area contributed by atoms with Crippen LogP contribution in [0.2, 0.25) is 0 Å². The van der Waals surface area contributed by atoms with Gasteiger partial charge in [0.15, 0.2) is 11.5 Å². The Balaban J connectivity index is 1.78. The second-order valence-electron chi connectivity index (χ2n) is 8.58. The van der Waals surface area contributed by atoms with Crippen LogP contribution >= 0.6 is 0 Å². The van der Waals surface area contributed by atoms with E-state index in [1.165, 1.54) is 0 Å². The minimum absolute atomic E-state index is 0.270. The normalized spacial score (nSPS) is 28.1. The Morgan fingerprint density at radius 3 is 2.62 bits per heavy atom. The van der Waals surface area contributed by atoms with Gasteiger partial charge in [0.2, 0.25) is 5.60 Å². The van der Waals surface area contributed by atoms with Crippen molar-refractivity contribution >= 4 is 11.7 Å². The highest BCUT2D eigenvalue weighted by atomic mass is 19.4. The summed E-state index contributed by atoms with van der Waals surface area (Å²) in [5.74, 6) is -1.02. The van der Waals surface area contributed by atoms with Crippen LogP contribution in [0.1, 0.15) is 51.4 Å². The van der Waals surface area contributed by atoms with E-state index in [2.05, 4.69) is 15.3 Å². The predicted molar refractivity (Wildman–Crippen MR) is 107 cm³/mol. The first-order valence-electron chi connectivity index (χ1n) is 11.3. The van der Waals surface area contributed by atoms with E-state index < -0.39 is 53.4 Å². The molecule has 8 nitrogen and oxygen atoms in total. The van der Waals surface area contributed by atoms with Crippen LogP contribution < -0.4 is 11.1 Å². The lowest BCUT2D eigenvalue weighted by molar-refractivity contribution is -0.277. The molecule has 3 fully saturated rings. The molecule has 0 aliphatic heterocycles. The fraction of sp³-hybridized carbons (Fsp3) is 0.476. The van der Waals surface area contributed by atoms with Gasteiger partial charge < -0.3 is 26.4 Å². The van der Waals surface area contributed by atoms with Crippen LogP contribution in [0.3, 0.4) is 0 Å². The van der Waals surface area contributed by atoms with E-state index in [-0.39, 0.29) is 22.8 Å². The van der Waals surface area contributed by atoms with E-state index in [9.17, 15) is 33.3 Å². The monoisotopic (exact) mass is 455 g/mol. The number of fused-ring (bicyclic) bond motifs is 1. The molecule has 3 aliphatic carbocycles. The highest BCUT2D eigenvalue weighted by molar-refractivity contribution is 5.97. The fourth-order valence-corrected chi connectivity index (χ4v) is 4.54. The maximum Gasteiger partial charge on any atom is 0.423 e. The highest BCUT2D eigenvalue weighted by Crippen LogP contribution is 2.55. The third kappa shape index (κ3) is 3.50.